The van der Waals surface area contributed by atoms with Gasteiger partial charge in [-0.25, -0.2) is 4.98 Å². The fraction of sp³-hybridized carbons (Fsp3) is 0.318. The van der Waals surface area contributed by atoms with E-state index in [1.165, 1.54) is 16.5 Å². The predicted octanol–water partition coefficient (Wildman–Crippen LogP) is 5.23. The molecule has 0 saturated heterocycles. The lowest BCUT2D eigenvalue weighted by Crippen LogP contribution is -2.27. The van der Waals surface area contributed by atoms with Gasteiger partial charge < -0.3 is 19.8 Å². The molecule has 0 aliphatic heterocycles. The van der Waals surface area contributed by atoms with E-state index in [0.717, 1.165) is 54.2 Å². The molecule has 0 aliphatic rings. The van der Waals surface area contributed by atoms with E-state index in [9.17, 15) is 0 Å². The van der Waals surface area contributed by atoms with Crippen molar-refractivity contribution in [3.63, 3.8) is 0 Å². The molecule has 146 valence electrons. The molecule has 0 bridgehead atoms. The minimum Gasteiger partial charge on any atom is -0.361 e. The van der Waals surface area contributed by atoms with E-state index in [1.54, 1.807) is 0 Å². The smallest absolute Gasteiger partial charge is 0.204 e. The van der Waals surface area contributed by atoms with Crippen molar-refractivity contribution in [2.24, 2.45) is 0 Å². The van der Waals surface area contributed by atoms with E-state index in [2.05, 4.69) is 92.1 Å². The first-order valence-corrected chi connectivity index (χ1v) is 10.7. The van der Waals surface area contributed by atoms with E-state index in [-0.39, 0.29) is 0 Å². The third kappa shape index (κ3) is 3.80. The number of benzene rings is 2. The molecule has 0 atom stereocenters. The highest BCUT2D eigenvalue weighted by atomic mass is 79.9. The van der Waals surface area contributed by atoms with Crippen LogP contribution in [0.5, 0.6) is 0 Å². The maximum atomic E-state index is 4.85. The number of fused-ring (bicyclic) bond motifs is 2. The second-order valence-electron chi connectivity index (χ2n) is 6.96. The number of aromatic nitrogens is 3. The van der Waals surface area contributed by atoms with Crippen LogP contribution in [0.3, 0.4) is 0 Å². The zero-order chi connectivity index (χ0) is 19.5. The Labute approximate surface area is 173 Å². The third-order valence-corrected chi connectivity index (χ3v) is 5.85. The number of nitrogens with zero attached hydrogens (tertiary/aromatic N) is 3. The molecule has 2 aromatic carbocycles. The molecule has 0 aliphatic carbocycles. The summed E-state index contributed by atoms with van der Waals surface area (Å²) in [6.45, 7) is 9.22. The topological polar surface area (TPSA) is 48.9 Å². The van der Waals surface area contributed by atoms with Crippen molar-refractivity contribution in [1.82, 2.24) is 19.4 Å². The molecule has 0 spiro atoms. The van der Waals surface area contributed by atoms with Crippen LogP contribution in [0.15, 0.2) is 53.1 Å². The molecule has 6 heteroatoms. The van der Waals surface area contributed by atoms with Gasteiger partial charge in [0.25, 0.3) is 0 Å². The number of nitrogens with one attached hydrogen (secondary N) is 2. The lowest BCUT2D eigenvalue weighted by molar-refractivity contribution is 0.292. The van der Waals surface area contributed by atoms with Crippen LogP contribution in [0.2, 0.25) is 0 Å². The van der Waals surface area contributed by atoms with Crippen molar-refractivity contribution in [1.29, 1.82) is 0 Å². The molecule has 0 radical (unpaired) electrons. The highest BCUT2D eigenvalue weighted by molar-refractivity contribution is 9.10. The molecule has 2 aromatic heterocycles. The van der Waals surface area contributed by atoms with Crippen molar-refractivity contribution in [2.75, 3.05) is 25.0 Å². The number of aromatic amines is 1. The first-order valence-electron chi connectivity index (χ1n) is 9.86. The molecular formula is C22H26BrN5. The Kier molecular flexibility index (Phi) is 5.69. The zero-order valence-corrected chi connectivity index (χ0v) is 18.0. The van der Waals surface area contributed by atoms with Gasteiger partial charge in [-0.1, -0.05) is 41.9 Å². The summed E-state index contributed by atoms with van der Waals surface area (Å²) in [7, 11) is 0. The highest BCUT2D eigenvalue weighted by Crippen LogP contribution is 2.25. The molecular weight excluding hydrogens is 414 g/mol. The maximum absolute atomic E-state index is 4.85. The van der Waals surface area contributed by atoms with Crippen molar-refractivity contribution in [3.05, 3.63) is 58.7 Å². The maximum Gasteiger partial charge on any atom is 0.204 e. The minimum absolute atomic E-state index is 0.727. The Bertz CT molecular complexity index is 1080. The van der Waals surface area contributed by atoms with Crippen LogP contribution in [-0.2, 0) is 13.1 Å². The van der Waals surface area contributed by atoms with Gasteiger partial charge in [0.1, 0.15) is 0 Å². The standard InChI is InChI=1S/C22H26BrN5/c1-3-27(4-2)11-12-28-21-8-6-5-7-20(21)26-22(28)25-15-16-14-24-19-10-9-17(23)13-18(16)19/h5-10,13-14,24H,3-4,11-12,15H2,1-2H3,(H,25,26). The van der Waals surface area contributed by atoms with Crippen molar-refractivity contribution >= 4 is 43.8 Å². The van der Waals surface area contributed by atoms with E-state index >= 15 is 0 Å². The highest BCUT2D eigenvalue weighted by Gasteiger charge is 2.12. The molecule has 0 saturated carbocycles. The summed E-state index contributed by atoms with van der Waals surface area (Å²) in [4.78, 5) is 10.6. The summed E-state index contributed by atoms with van der Waals surface area (Å²) in [6.07, 6.45) is 2.08. The number of hydrogen-bond donors (Lipinski definition) is 2. The number of hydrogen-bond acceptors (Lipinski definition) is 3. The lowest BCUT2D eigenvalue weighted by atomic mass is 10.2. The third-order valence-electron chi connectivity index (χ3n) is 5.36. The average molecular weight is 440 g/mol. The summed E-state index contributed by atoms with van der Waals surface area (Å²) in [5, 5.41) is 4.80. The van der Waals surface area contributed by atoms with Gasteiger partial charge in [0.15, 0.2) is 0 Å². The first-order chi connectivity index (χ1) is 13.7. The number of para-hydroxylation sites is 2. The Hall–Kier alpha value is -2.31. The fourth-order valence-corrected chi connectivity index (χ4v) is 4.05. The molecule has 4 rings (SSSR count). The van der Waals surface area contributed by atoms with Crippen LogP contribution in [0, 0.1) is 0 Å². The molecule has 2 N–H and O–H groups in total. The number of H-pyrrole nitrogens is 1. The van der Waals surface area contributed by atoms with Gasteiger partial charge in [-0.15, -0.1) is 0 Å². The van der Waals surface area contributed by atoms with Gasteiger partial charge >= 0.3 is 0 Å². The van der Waals surface area contributed by atoms with Gasteiger partial charge in [-0.2, -0.15) is 0 Å². The zero-order valence-electron chi connectivity index (χ0n) is 16.4. The predicted molar refractivity (Wildman–Crippen MR) is 121 cm³/mol. The van der Waals surface area contributed by atoms with Crippen molar-refractivity contribution < 1.29 is 0 Å². The first kappa shape index (κ1) is 19.0. The SMILES string of the molecule is CCN(CC)CCn1c(NCc2c[nH]c3ccc(Br)cc23)nc2ccccc21. The Morgan fingerprint density at radius 1 is 1.14 bits per heavy atom. The molecule has 0 fully saturated rings. The summed E-state index contributed by atoms with van der Waals surface area (Å²) >= 11 is 3.57. The number of imidazole rings is 1. The molecule has 5 nitrogen and oxygen atoms in total. The quantitative estimate of drug-likeness (QED) is 0.394. The monoisotopic (exact) mass is 439 g/mol. The number of rotatable bonds is 8. The van der Waals surface area contributed by atoms with E-state index in [0.29, 0.717) is 0 Å². The largest absolute Gasteiger partial charge is 0.361 e. The van der Waals surface area contributed by atoms with Crippen LogP contribution >= 0.6 is 15.9 Å². The van der Waals surface area contributed by atoms with Crippen molar-refractivity contribution in [2.45, 2.75) is 26.9 Å². The number of halogens is 1. The van der Waals surface area contributed by atoms with Crippen molar-refractivity contribution in [3.8, 4) is 0 Å². The second-order valence-corrected chi connectivity index (χ2v) is 7.88. The molecule has 2 heterocycles. The average Bonchev–Trinajstić information content (AvgIpc) is 3.28. The molecule has 4 aromatic rings. The Morgan fingerprint density at radius 2 is 1.96 bits per heavy atom. The van der Waals surface area contributed by atoms with Gasteiger partial charge in [0.05, 0.1) is 11.0 Å². The fourth-order valence-electron chi connectivity index (χ4n) is 3.69. The van der Waals surface area contributed by atoms with Crippen LogP contribution in [0.25, 0.3) is 21.9 Å². The summed E-state index contributed by atoms with van der Waals surface area (Å²) < 4.78 is 3.39. The Morgan fingerprint density at radius 3 is 2.79 bits per heavy atom. The second kappa shape index (κ2) is 8.37. The van der Waals surface area contributed by atoms with Gasteiger partial charge in [-0.3, -0.25) is 0 Å². The van der Waals surface area contributed by atoms with Crippen LogP contribution in [0.4, 0.5) is 5.95 Å². The van der Waals surface area contributed by atoms with Gasteiger partial charge in [-0.05, 0) is 49.0 Å². The van der Waals surface area contributed by atoms with E-state index in [1.807, 2.05) is 6.07 Å². The molecule has 28 heavy (non-hydrogen) atoms. The summed E-state index contributed by atoms with van der Waals surface area (Å²) in [5.41, 5.74) is 4.60. The van der Waals surface area contributed by atoms with Crippen LogP contribution in [-0.4, -0.2) is 39.1 Å². The van der Waals surface area contributed by atoms with Gasteiger partial charge in [0, 0.05) is 41.2 Å². The summed E-state index contributed by atoms with van der Waals surface area (Å²) in [6, 6.07) is 14.7. The Balaban J connectivity index is 1.60. The van der Waals surface area contributed by atoms with Gasteiger partial charge in [0.2, 0.25) is 5.95 Å². The summed E-state index contributed by atoms with van der Waals surface area (Å²) in [5.74, 6) is 0.928. The normalized spacial score (nSPS) is 11.7. The van der Waals surface area contributed by atoms with E-state index in [4.69, 9.17) is 4.98 Å². The molecule has 0 amide bonds. The minimum atomic E-state index is 0.727. The number of anilines is 1. The van der Waals surface area contributed by atoms with Crippen LogP contribution < -0.4 is 5.32 Å². The lowest BCUT2D eigenvalue weighted by Gasteiger charge is -2.19. The number of likely N-dealkylation sites (N-methyl/N-ethyl adjacent to an activating group) is 1. The van der Waals surface area contributed by atoms with Crippen LogP contribution in [0.1, 0.15) is 19.4 Å². The van der Waals surface area contributed by atoms with E-state index < -0.39 is 0 Å². The molecule has 0 unspecified atom stereocenters.